The molecule has 0 amide bonds. The summed E-state index contributed by atoms with van der Waals surface area (Å²) in [6, 6.07) is 4.63. The van der Waals surface area contributed by atoms with Gasteiger partial charge >= 0.3 is 0 Å². The summed E-state index contributed by atoms with van der Waals surface area (Å²) < 4.78 is 3.02. The summed E-state index contributed by atoms with van der Waals surface area (Å²) in [7, 11) is 0. The van der Waals surface area contributed by atoms with Crippen molar-refractivity contribution in [2.45, 2.75) is 26.8 Å². The van der Waals surface area contributed by atoms with Gasteiger partial charge in [-0.15, -0.1) is 11.3 Å². The zero-order valence-electron chi connectivity index (χ0n) is 9.73. The maximum atomic E-state index is 5.35. The van der Waals surface area contributed by atoms with Gasteiger partial charge in [0.05, 0.1) is 6.04 Å². The van der Waals surface area contributed by atoms with Crippen LogP contribution in [0, 0.1) is 17.6 Å². The van der Waals surface area contributed by atoms with Crippen molar-refractivity contribution in [2.75, 3.05) is 0 Å². The fourth-order valence-electron chi connectivity index (χ4n) is 2.02. The number of aryl methyl sites for hydroxylation is 1. The van der Waals surface area contributed by atoms with Crippen molar-refractivity contribution in [2.24, 2.45) is 5.92 Å². The Bertz CT molecular complexity index is 505. The molecule has 0 aliphatic rings. The van der Waals surface area contributed by atoms with Gasteiger partial charge in [0.25, 0.3) is 0 Å². The van der Waals surface area contributed by atoms with Crippen molar-refractivity contribution in [1.29, 1.82) is 0 Å². The maximum absolute atomic E-state index is 5.35. The van der Waals surface area contributed by atoms with E-state index in [9.17, 15) is 0 Å². The van der Waals surface area contributed by atoms with Crippen LogP contribution in [-0.4, -0.2) is 9.55 Å². The minimum absolute atomic E-state index is 0.346. The third-order valence-corrected chi connectivity index (χ3v) is 4.01. The van der Waals surface area contributed by atoms with E-state index in [1.165, 1.54) is 10.6 Å². The third kappa shape index (κ3) is 1.99. The molecule has 2 aromatic heterocycles. The molecule has 2 aromatic rings. The second kappa shape index (κ2) is 4.55. The lowest BCUT2D eigenvalue weighted by Gasteiger charge is -2.22. The Labute approximate surface area is 105 Å². The standard InChI is InChI=1S/C12H16N2S2/c1-8(2)11(10-5-4-6-16-10)14-9(3)7-13-12(14)15/h4-8,11H,1-3H3,(H,13,15). The average molecular weight is 252 g/mol. The molecule has 0 aromatic carbocycles. The Balaban J connectivity index is 2.54. The summed E-state index contributed by atoms with van der Waals surface area (Å²) in [5.41, 5.74) is 1.19. The fraction of sp³-hybridized carbons (Fsp3) is 0.417. The molecule has 0 spiro atoms. The Morgan fingerprint density at radius 3 is 2.62 bits per heavy atom. The van der Waals surface area contributed by atoms with E-state index in [0.717, 1.165) is 4.77 Å². The van der Waals surface area contributed by atoms with Gasteiger partial charge in [-0.05, 0) is 36.5 Å². The fourth-order valence-corrected chi connectivity index (χ4v) is 3.33. The molecule has 0 aliphatic carbocycles. The highest BCUT2D eigenvalue weighted by molar-refractivity contribution is 7.71. The minimum atomic E-state index is 0.346. The number of thiophene rings is 1. The molecule has 1 unspecified atom stereocenters. The van der Waals surface area contributed by atoms with Gasteiger partial charge in [-0.1, -0.05) is 19.9 Å². The van der Waals surface area contributed by atoms with Crippen LogP contribution in [0.5, 0.6) is 0 Å². The van der Waals surface area contributed by atoms with Gasteiger partial charge in [-0.2, -0.15) is 0 Å². The molecule has 86 valence electrons. The molecule has 0 aliphatic heterocycles. The van der Waals surface area contributed by atoms with E-state index in [2.05, 4.69) is 47.8 Å². The molecule has 0 saturated heterocycles. The van der Waals surface area contributed by atoms with Crippen molar-refractivity contribution < 1.29 is 0 Å². The van der Waals surface area contributed by atoms with Crippen molar-refractivity contribution in [1.82, 2.24) is 9.55 Å². The van der Waals surface area contributed by atoms with Crippen LogP contribution >= 0.6 is 23.6 Å². The van der Waals surface area contributed by atoms with E-state index < -0.39 is 0 Å². The quantitative estimate of drug-likeness (QED) is 0.813. The van der Waals surface area contributed by atoms with Crippen LogP contribution in [-0.2, 0) is 0 Å². The van der Waals surface area contributed by atoms with E-state index in [0.29, 0.717) is 12.0 Å². The lowest BCUT2D eigenvalue weighted by Crippen LogP contribution is -2.16. The van der Waals surface area contributed by atoms with Crippen molar-refractivity contribution in [3.8, 4) is 0 Å². The van der Waals surface area contributed by atoms with Gasteiger partial charge in [0, 0.05) is 16.8 Å². The van der Waals surface area contributed by atoms with Gasteiger partial charge in [-0.25, -0.2) is 0 Å². The summed E-state index contributed by atoms with van der Waals surface area (Å²) in [5, 5.41) is 2.12. The second-order valence-corrected chi connectivity index (χ2v) is 5.68. The molecular formula is C12H16N2S2. The normalized spacial score (nSPS) is 13.2. The highest BCUT2D eigenvalue weighted by Gasteiger charge is 2.20. The zero-order chi connectivity index (χ0) is 11.7. The first-order chi connectivity index (χ1) is 7.61. The predicted octanol–water partition coefficient (Wildman–Crippen LogP) is 4.16. The number of H-pyrrole nitrogens is 1. The summed E-state index contributed by atoms with van der Waals surface area (Å²) in [6.45, 7) is 6.56. The van der Waals surface area contributed by atoms with Crippen LogP contribution in [0.1, 0.15) is 30.5 Å². The van der Waals surface area contributed by atoms with Crippen LogP contribution in [0.2, 0.25) is 0 Å². The van der Waals surface area contributed by atoms with E-state index in [1.807, 2.05) is 6.20 Å². The summed E-state index contributed by atoms with van der Waals surface area (Å²) in [6.07, 6.45) is 1.98. The molecule has 2 rings (SSSR count). The van der Waals surface area contributed by atoms with Crippen LogP contribution in [0.4, 0.5) is 0 Å². The number of rotatable bonds is 3. The average Bonchev–Trinajstić information content (AvgIpc) is 2.82. The van der Waals surface area contributed by atoms with Gasteiger partial charge in [-0.3, -0.25) is 0 Å². The molecule has 4 heteroatoms. The first kappa shape index (κ1) is 11.6. The van der Waals surface area contributed by atoms with Gasteiger partial charge in [0.15, 0.2) is 4.77 Å². The number of nitrogens with one attached hydrogen (secondary N) is 1. The Kier molecular flexibility index (Phi) is 3.30. The lowest BCUT2D eigenvalue weighted by atomic mass is 10.0. The van der Waals surface area contributed by atoms with Crippen LogP contribution < -0.4 is 0 Å². The zero-order valence-corrected chi connectivity index (χ0v) is 11.4. The molecule has 1 N–H and O–H groups in total. The molecule has 2 nitrogen and oxygen atoms in total. The van der Waals surface area contributed by atoms with Gasteiger partial charge in [0.2, 0.25) is 0 Å². The Morgan fingerprint density at radius 2 is 2.19 bits per heavy atom. The summed E-state index contributed by atoms with van der Waals surface area (Å²) >= 11 is 7.15. The van der Waals surface area contributed by atoms with Gasteiger partial charge in [0.1, 0.15) is 0 Å². The number of aromatic amines is 1. The Morgan fingerprint density at radius 1 is 1.44 bits per heavy atom. The highest BCUT2D eigenvalue weighted by atomic mass is 32.1. The number of hydrogen-bond acceptors (Lipinski definition) is 2. The molecule has 0 radical (unpaired) electrons. The molecule has 16 heavy (non-hydrogen) atoms. The lowest BCUT2D eigenvalue weighted by molar-refractivity contribution is 0.433. The number of nitrogens with zero attached hydrogens (tertiary/aromatic N) is 1. The molecule has 2 heterocycles. The monoisotopic (exact) mass is 252 g/mol. The van der Waals surface area contributed by atoms with E-state index in [4.69, 9.17) is 12.2 Å². The predicted molar refractivity (Wildman–Crippen MR) is 71.6 cm³/mol. The van der Waals surface area contributed by atoms with Crippen LogP contribution in [0.3, 0.4) is 0 Å². The number of aromatic nitrogens is 2. The topological polar surface area (TPSA) is 20.7 Å². The third-order valence-electron chi connectivity index (χ3n) is 2.75. The first-order valence-electron chi connectivity index (χ1n) is 5.41. The molecule has 1 atom stereocenters. The van der Waals surface area contributed by atoms with Crippen LogP contribution in [0.25, 0.3) is 0 Å². The molecule has 0 bridgehead atoms. The maximum Gasteiger partial charge on any atom is 0.177 e. The second-order valence-electron chi connectivity index (χ2n) is 4.31. The Hall–Kier alpha value is -0.870. The SMILES string of the molecule is Cc1c[nH]c(=S)n1C(c1cccs1)C(C)C. The highest BCUT2D eigenvalue weighted by Crippen LogP contribution is 2.31. The molecule has 0 saturated carbocycles. The summed E-state index contributed by atoms with van der Waals surface area (Å²) in [4.78, 5) is 4.49. The van der Waals surface area contributed by atoms with E-state index >= 15 is 0 Å². The molecular weight excluding hydrogens is 236 g/mol. The summed E-state index contributed by atoms with van der Waals surface area (Å²) in [5.74, 6) is 0.528. The first-order valence-corrected chi connectivity index (χ1v) is 6.70. The smallest absolute Gasteiger partial charge is 0.177 e. The van der Waals surface area contributed by atoms with Crippen LogP contribution in [0.15, 0.2) is 23.7 Å². The minimum Gasteiger partial charge on any atom is -0.337 e. The van der Waals surface area contributed by atoms with E-state index in [-0.39, 0.29) is 0 Å². The number of imidazole rings is 1. The van der Waals surface area contributed by atoms with Crippen molar-refractivity contribution in [3.05, 3.63) is 39.1 Å². The van der Waals surface area contributed by atoms with E-state index in [1.54, 1.807) is 11.3 Å². The van der Waals surface area contributed by atoms with Gasteiger partial charge < -0.3 is 9.55 Å². The van der Waals surface area contributed by atoms with Crippen molar-refractivity contribution >= 4 is 23.6 Å². The number of hydrogen-bond donors (Lipinski definition) is 1. The molecule has 0 fully saturated rings. The van der Waals surface area contributed by atoms with Crippen molar-refractivity contribution in [3.63, 3.8) is 0 Å². The largest absolute Gasteiger partial charge is 0.337 e.